The molecular weight excluding hydrogens is 456 g/mol. The van der Waals surface area contributed by atoms with Crippen LogP contribution in [0.15, 0.2) is 65.8 Å². The second-order valence-electron chi connectivity index (χ2n) is 9.44. The Balaban J connectivity index is 1.41. The summed E-state index contributed by atoms with van der Waals surface area (Å²) in [4.78, 5) is 24.5. The van der Waals surface area contributed by atoms with Gasteiger partial charge < -0.3 is 10.1 Å². The number of ether oxygens (including phenoxy) is 1. The van der Waals surface area contributed by atoms with Gasteiger partial charge >= 0.3 is 0 Å². The maximum absolute atomic E-state index is 13.0. The van der Waals surface area contributed by atoms with Gasteiger partial charge in [-0.2, -0.15) is 0 Å². The number of benzene rings is 2. The fraction of sp³-hybridized carbons (Fsp3) is 0.393. The Hall–Kier alpha value is -2.90. The number of amides is 1. The molecule has 2 aromatic carbocycles. The normalized spacial score (nSPS) is 18.1. The highest BCUT2D eigenvalue weighted by atomic mass is 32.2. The second kappa shape index (κ2) is 11.7. The van der Waals surface area contributed by atoms with Gasteiger partial charge in [-0.05, 0) is 63.4 Å². The van der Waals surface area contributed by atoms with Crippen LogP contribution in [-0.4, -0.2) is 44.7 Å². The van der Waals surface area contributed by atoms with Crippen molar-refractivity contribution in [3.63, 3.8) is 0 Å². The molecule has 0 spiro atoms. The molecule has 1 amide bonds. The van der Waals surface area contributed by atoms with Crippen molar-refractivity contribution >= 4 is 17.7 Å². The summed E-state index contributed by atoms with van der Waals surface area (Å²) in [5, 5.41) is 4.15. The van der Waals surface area contributed by atoms with Gasteiger partial charge in [0.05, 0.1) is 6.04 Å². The molecule has 7 heteroatoms. The summed E-state index contributed by atoms with van der Waals surface area (Å²) in [7, 11) is 0. The summed E-state index contributed by atoms with van der Waals surface area (Å²) < 4.78 is 5.93. The Morgan fingerprint density at radius 2 is 1.74 bits per heavy atom. The number of aromatic nitrogens is 2. The maximum atomic E-state index is 13.0. The molecule has 2 atom stereocenters. The van der Waals surface area contributed by atoms with Gasteiger partial charge in [-0.3, -0.25) is 9.69 Å². The molecule has 6 nitrogen and oxygen atoms in total. The van der Waals surface area contributed by atoms with Gasteiger partial charge in [0.2, 0.25) is 5.91 Å². The summed E-state index contributed by atoms with van der Waals surface area (Å²) in [5.74, 6) is 0.931. The number of carbonyl (C=O) groups excluding carboxylic acids is 1. The highest BCUT2D eigenvalue weighted by molar-refractivity contribution is 7.99. The van der Waals surface area contributed by atoms with E-state index in [1.165, 1.54) is 0 Å². The van der Waals surface area contributed by atoms with E-state index in [0.29, 0.717) is 13.2 Å². The van der Waals surface area contributed by atoms with Crippen LogP contribution in [0.25, 0.3) is 0 Å². The standard InChI is InChI=1S/C28H34N4O2S/c1-19(2)29-27(33)26-15-25(35-28-30-20(3)14-21(4)31-28)17-32(26)16-22-10-12-24(13-11-22)34-18-23-8-6-5-7-9-23/h5-14,19,25-26H,15-18H2,1-4H3,(H,29,33)/t25-,26-/m0/s1. The molecule has 1 saturated heterocycles. The fourth-order valence-corrected chi connectivity index (χ4v) is 5.57. The van der Waals surface area contributed by atoms with E-state index in [9.17, 15) is 4.79 Å². The zero-order chi connectivity index (χ0) is 24.8. The zero-order valence-electron chi connectivity index (χ0n) is 20.9. The van der Waals surface area contributed by atoms with E-state index in [4.69, 9.17) is 4.74 Å². The number of nitrogens with zero attached hydrogens (tertiary/aromatic N) is 3. The van der Waals surface area contributed by atoms with Crippen molar-refractivity contribution in [2.45, 2.75) is 69.8 Å². The number of rotatable bonds is 9. The number of hydrogen-bond donors (Lipinski definition) is 1. The first-order valence-electron chi connectivity index (χ1n) is 12.1. The molecule has 0 bridgehead atoms. The van der Waals surface area contributed by atoms with Crippen molar-refractivity contribution in [1.82, 2.24) is 20.2 Å². The molecular formula is C28H34N4O2S. The second-order valence-corrected chi connectivity index (χ2v) is 10.7. The first-order valence-corrected chi connectivity index (χ1v) is 13.0. The third-order valence-corrected chi connectivity index (χ3v) is 6.96. The van der Waals surface area contributed by atoms with Crippen molar-refractivity contribution in [3.05, 3.63) is 83.2 Å². The highest BCUT2D eigenvalue weighted by Gasteiger charge is 2.37. The largest absolute Gasteiger partial charge is 0.489 e. The molecule has 0 unspecified atom stereocenters. The molecule has 4 rings (SSSR count). The Bertz CT molecular complexity index is 1100. The van der Waals surface area contributed by atoms with Gasteiger partial charge in [-0.25, -0.2) is 9.97 Å². The van der Waals surface area contributed by atoms with E-state index in [2.05, 4.69) is 44.5 Å². The van der Waals surface area contributed by atoms with E-state index >= 15 is 0 Å². The van der Waals surface area contributed by atoms with E-state index in [1.54, 1.807) is 11.8 Å². The zero-order valence-corrected chi connectivity index (χ0v) is 21.7. The van der Waals surface area contributed by atoms with Crippen LogP contribution in [0.2, 0.25) is 0 Å². The molecule has 35 heavy (non-hydrogen) atoms. The van der Waals surface area contributed by atoms with Crippen LogP contribution in [0.5, 0.6) is 5.75 Å². The molecule has 1 N–H and O–H groups in total. The lowest BCUT2D eigenvalue weighted by molar-refractivity contribution is -0.126. The average Bonchev–Trinajstić information content (AvgIpc) is 3.20. The molecule has 0 radical (unpaired) electrons. The minimum Gasteiger partial charge on any atom is -0.489 e. The first kappa shape index (κ1) is 25.2. The topological polar surface area (TPSA) is 67.4 Å². The van der Waals surface area contributed by atoms with Gasteiger partial charge in [-0.15, -0.1) is 0 Å². The van der Waals surface area contributed by atoms with Crippen LogP contribution >= 0.6 is 11.8 Å². The molecule has 0 saturated carbocycles. The molecule has 3 aromatic rings. The Morgan fingerprint density at radius 3 is 2.40 bits per heavy atom. The van der Waals surface area contributed by atoms with E-state index < -0.39 is 0 Å². The lowest BCUT2D eigenvalue weighted by atomic mass is 10.1. The lowest BCUT2D eigenvalue weighted by Gasteiger charge is -2.24. The number of nitrogens with one attached hydrogen (secondary N) is 1. The smallest absolute Gasteiger partial charge is 0.237 e. The van der Waals surface area contributed by atoms with E-state index in [0.717, 1.165) is 46.4 Å². The summed E-state index contributed by atoms with van der Waals surface area (Å²) >= 11 is 1.68. The van der Waals surface area contributed by atoms with Gasteiger partial charge in [0.1, 0.15) is 12.4 Å². The van der Waals surface area contributed by atoms with Gasteiger partial charge in [0.15, 0.2) is 5.16 Å². The minimum atomic E-state index is -0.171. The summed E-state index contributed by atoms with van der Waals surface area (Å²) in [6.07, 6.45) is 0.776. The number of hydrogen-bond acceptors (Lipinski definition) is 6. The SMILES string of the molecule is Cc1cc(C)nc(S[C@H]2C[C@@H](C(=O)NC(C)C)N(Cc3ccc(OCc4ccccc4)cc3)C2)n1. The van der Waals surface area contributed by atoms with Crippen molar-refractivity contribution in [3.8, 4) is 5.75 Å². The lowest BCUT2D eigenvalue weighted by Crippen LogP contribution is -2.45. The van der Waals surface area contributed by atoms with Crippen molar-refractivity contribution in [1.29, 1.82) is 0 Å². The fourth-order valence-electron chi connectivity index (χ4n) is 4.34. The number of carbonyl (C=O) groups is 1. The van der Waals surface area contributed by atoms with Crippen molar-refractivity contribution in [2.75, 3.05) is 6.54 Å². The number of thioether (sulfide) groups is 1. The average molecular weight is 491 g/mol. The van der Waals surface area contributed by atoms with Crippen LogP contribution in [0, 0.1) is 13.8 Å². The highest BCUT2D eigenvalue weighted by Crippen LogP contribution is 2.33. The Morgan fingerprint density at radius 1 is 1.06 bits per heavy atom. The molecule has 1 aromatic heterocycles. The van der Waals surface area contributed by atoms with Crippen LogP contribution in [0.4, 0.5) is 0 Å². The van der Waals surface area contributed by atoms with Gasteiger partial charge in [0.25, 0.3) is 0 Å². The van der Waals surface area contributed by atoms with Crippen LogP contribution in [-0.2, 0) is 17.9 Å². The summed E-state index contributed by atoms with van der Waals surface area (Å²) in [5.41, 5.74) is 4.24. The molecule has 184 valence electrons. The minimum absolute atomic E-state index is 0.0901. The van der Waals surface area contributed by atoms with E-state index in [-0.39, 0.29) is 23.2 Å². The third-order valence-electron chi connectivity index (χ3n) is 5.89. The number of likely N-dealkylation sites (tertiary alicyclic amines) is 1. The first-order chi connectivity index (χ1) is 16.9. The van der Waals surface area contributed by atoms with Crippen LogP contribution in [0.3, 0.4) is 0 Å². The van der Waals surface area contributed by atoms with Crippen molar-refractivity contribution in [2.24, 2.45) is 0 Å². The van der Waals surface area contributed by atoms with Crippen LogP contribution < -0.4 is 10.1 Å². The quantitative estimate of drug-likeness (QED) is 0.429. The van der Waals surface area contributed by atoms with Crippen molar-refractivity contribution < 1.29 is 9.53 Å². The summed E-state index contributed by atoms with van der Waals surface area (Å²) in [6.45, 7) is 10.0. The molecule has 0 aliphatic carbocycles. The van der Waals surface area contributed by atoms with Gasteiger partial charge in [0, 0.05) is 35.8 Å². The maximum Gasteiger partial charge on any atom is 0.237 e. The Labute approximate surface area is 212 Å². The number of aryl methyl sites for hydroxylation is 2. The van der Waals surface area contributed by atoms with Gasteiger partial charge in [-0.1, -0.05) is 54.2 Å². The predicted molar refractivity (Wildman–Crippen MR) is 140 cm³/mol. The summed E-state index contributed by atoms with van der Waals surface area (Å²) in [6, 6.07) is 20.3. The molecule has 1 aliphatic rings. The molecule has 1 fully saturated rings. The third kappa shape index (κ3) is 7.29. The van der Waals surface area contributed by atoms with Crippen LogP contribution in [0.1, 0.15) is 42.8 Å². The Kier molecular flexibility index (Phi) is 8.42. The van der Waals surface area contributed by atoms with E-state index in [1.807, 2.05) is 64.1 Å². The predicted octanol–water partition coefficient (Wildman–Crippen LogP) is 4.93. The monoisotopic (exact) mass is 490 g/mol. The molecule has 2 heterocycles. The molecule has 1 aliphatic heterocycles.